The highest BCUT2D eigenvalue weighted by Gasteiger charge is 2.38. The van der Waals surface area contributed by atoms with E-state index in [4.69, 9.17) is 16.3 Å². The minimum Gasteiger partial charge on any atom is -0.378 e. The number of nitrogens with one attached hydrogen (secondary N) is 1. The van der Waals surface area contributed by atoms with E-state index in [1.54, 1.807) is 0 Å². The summed E-state index contributed by atoms with van der Waals surface area (Å²) < 4.78 is 29.7. The number of carbonyl (C=O) groups excluding carboxylic acids is 1. The van der Waals surface area contributed by atoms with Crippen molar-refractivity contribution in [3.05, 3.63) is 23.2 Å². The SMILES string of the molecule is O=C(CNc1cc(Cl)ccc1N1CCOCC1)N(C1CCCCC1)[C@H]1CCS(=O)(=O)C1. The Hall–Kier alpha value is -1.51. The van der Waals surface area contributed by atoms with Crippen LogP contribution in [0.3, 0.4) is 0 Å². The van der Waals surface area contributed by atoms with Crippen molar-refractivity contribution >= 4 is 38.7 Å². The first-order valence-electron chi connectivity index (χ1n) is 11.3. The van der Waals surface area contributed by atoms with Gasteiger partial charge in [0.2, 0.25) is 5.91 Å². The van der Waals surface area contributed by atoms with E-state index in [-0.39, 0.29) is 36.0 Å². The third-order valence-electron chi connectivity index (χ3n) is 6.60. The number of benzene rings is 1. The van der Waals surface area contributed by atoms with Gasteiger partial charge in [-0.1, -0.05) is 30.9 Å². The van der Waals surface area contributed by atoms with Crippen molar-refractivity contribution in [2.24, 2.45) is 0 Å². The average molecular weight is 470 g/mol. The van der Waals surface area contributed by atoms with Gasteiger partial charge in [-0.2, -0.15) is 0 Å². The highest BCUT2D eigenvalue weighted by Crippen LogP contribution is 2.31. The van der Waals surface area contributed by atoms with Gasteiger partial charge in [-0.3, -0.25) is 4.79 Å². The Morgan fingerprint density at radius 1 is 1.13 bits per heavy atom. The number of ether oxygens (including phenoxy) is 1. The maximum Gasteiger partial charge on any atom is 0.242 e. The Morgan fingerprint density at radius 3 is 2.55 bits per heavy atom. The molecule has 0 bridgehead atoms. The molecule has 1 saturated carbocycles. The number of halogens is 1. The lowest BCUT2D eigenvalue weighted by Crippen LogP contribution is -2.50. The van der Waals surface area contributed by atoms with Crippen LogP contribution in [-0.4, -0.2) is 75.7 Å². The fourth-order valence-corrected chi connectivity index (χ4v) is 6.93. The number of nitrogens with zero attached hydrogens (tertiary/aromatic N) is 2. The Morgan fingerprint density at radius 2 is 1.87 bits per heavy atom. The molecule has 2 aliphatic heterocycles. The number of hydrogen-bond donors (Lipinski definition) is 1. The molecule has 172 valence electrons. The van der Waals surface area contributed by atoms with Crippen molar-refractivity contribution < 1.29 is 17.9 Å². The van der Waals surface area contributed by atoms with Crippen LogP contribution in [0.5, 0.6) is 0 Å². The first-order chi connectivity index (χ1) is 14.9. The van der Waals surface area contributed by atoms with Crippen LogP contribution < -0.4 is 10.2 Å². The predicted octanol–water partition coefficient (Wildman–Crippen LogP) is 2.94. The largest absolute Gasteiger partial charge is 0.378 e. The molecule has 31 heavy (non-hydrogen) atoms. The molecule has 1 amide bonds. The van der Waals surface area contributed by atoms with Crippen LogP contribution in [0.25, 0.3) is 0 Å². The van der Waals surface area contributed by atoms with Gasteiger partial charge in [0.1, 0.15) is 0 Å². The van der Waals surface area contributed by atoms with Crippen molar-refractivity contribution in [3.63, 3.8) is 0 Å². The minimum absolute atomic E-state index is 0.0260. The second-order valence-corrected chi connectivity index (χ2v) is 11.4. The van der Waals surface area contributed by atoms with Gasteiger partial charge in [0.05, 0.1) is 42.6 Å². The molecule has 0 radical (unpaired) electrons. The molecule has 2 saturated heterocycles. The van der Waals surface area contributed by atoms with Gasteiger partial charge in [0, 0.05) is 30.2 Å². The van der Waals surface area contributed by atoms with E-state index < -0.39 is 9.84 Å². The van der Waals surface area contributed by atoms with Gasteiger partial charge in [0.25, 0.3) is 0 Å². The zero-order valence-corrected chi connectivity index (χ0v) is 19.5. The van der Waals surface area contributed by atoms with Crippen molar-refractivity contribution in [3.8, 4) is 0 Å². The van der Waals surface area contributed by atoms with Gasteiger partial charge in [-0.15, -0.1) is 0 Å². The van der Waals surface area contributed by atoms with Crippen LogP contribution in [-0.2, 0) is 19.4 Å². The van der Waals surface area contributed by atoms with Gasteiger partial charge in [-0.05, 0) is 37.5 Å². The van der Waals surface area contributed by atoms with Crippen molar-refractivity contribution in [2.75, 3.05) is 54.6 Å². The zero-order valence-electron chi connectivity index (χ0n) is 17.9. The Balaban J connectivity index is 1.49. The van der Waals surface area contributed by atoms with E-state index in [2.05, 4.69) is 10.2 Å². The standard InChI is InChI=1S/C22H32ClN3O4S/c23-17-6-7-21(25-9-11-30-12-10-25)20(14-17)24-15-22(27)26(18-4-2-1-3-5-18)19-8-13-31(28,29)16-19/h6-7,14,18-19,24H,1-5,8-13,15-16H2/t19-/m0/s1. The topological polar surface area (TPSA) is 79.0 Å². The molecule has 0 unspecified atom stereocenters. The summed E-state index contributed by atoms with van der Waals surface area (Å²) in [6.07, 6.45) is 5.83. The first kappa shape index (κ1) is 22.7. The molecule has 0 spiro atoms. The summed E-state index contributed by atoms with van der Waals surface area (Å²) >= 11 is 6.25. The monoisotopic (exact) mass is 469 g/mol. The van der Waals surface area contributed by atoms with Crippen LogP contribution in [0.15, 0.2) is 18.2 Å². The normalized spacial score (nSPS) is 24.2. The Bertz CT molecular complexity index is 883. The highest BCUT2D eigenvalue weighted by molar-refractivity contribution is 7.91. The molecule has 4 rings (SSSR count). The summed E-state index contributed by atoms with van der Waals surface area (Å²) in [6.45, 7) is 3.06. The number of anilines is 2. The lowest BCUT2D eigenvalue weighted by Gasteiger charge is -2.38. The van der Waals surface area contributed by atoms with Gasteiger partial charge in [-0.25, -0.2) is 8.42 Å². The zero-order chi connectivity index (χ0) is 21.8. The molecule has 2 heterocycles. The molecule has 1 atom stereocenters. The van der Waals surface area contributed by atoms with Crippen LogP contribution in [0.2, 0.25) is 5.02 Å². The van der Waals surface area contributed by atoms with E-state index in [0.717, 1.165) is 50.1 Å². The van der Waals surface area contributed by atoms with Crippen molar-refractivity contribution in [1.82, 2.24) is 4.90 Å². The second kappa shape index (κ2) is 9.96. The average Bonchev–Trinajstić information content (AvgIpc) is 3.13. The summed E-state index contributed by atoms with van der Waals surface area (Å²) in [5.74, 6) is 0.240. The van der Waals surface area contributed by atoms with Crippen LogP contribution in [0.1, 0.15) is 38.5 Å². The van der Waals surface area contributed by atoms with E-state index in [0.29, 0.717) is 24.7 Å². The third-order valence-corrected chi connectivity index (χ3v) is 8.58. The van der Waals surface area contributed by atoms with Crippen molar-refractivity contribution in [1.29, 1.82) is 0 Å². The maximum absolute atomic E-state index is 13.4. The fourth-order valence-electron chi connectivity index (χ4n) is 5.05. The number of rotatable bonds is 6. The Kier molecular flexibility index (Phi) is 7.29. The lowest BCUT2D eigenvalue weighted by molar-refractivity contribution is -0.134. The number of amides is 1. The van der Waals surface area contributed by atoms with Gasteiger partial charge in [0.15, 0.2) is 9.84 Å². The maximum atomic E-state index is 13.4. The number of morpholine rings is 1. The molecule has 1 aromatic rings. The summed E-state index contributed by atoms with van der Waals surface area (Å²) in [6, 6.07) is 5.62. The number of carbonyl (C=O) groups is 1. The smallest absolute Gasteiger partial charge is 0.242 e. The molecular formula is C22H32ClN3O4S. The summed E-state index contributed by atoms with van der Waals surface area (Å²) in [7, 11) is -3.06. The molecule has 3 fully saturated rings. The van der Waals surface area contributed by atoms with E-state index in [1.165, 1.54) is 6.42 Å². The summed E-state index contributed by atoms with van der Waals surface area (Å²) in [4.78, 5) is 17.5. The molecule has 1 aromatic carbocycles. The van der Waals surface area contributed by atoms with E-state index in [1.807, 2.05) is 23.1 Å². The lowest BCUT2D eigenvalue weighted by atomic mass is 9.93. The quantitative estimate of drug-likeness (QED) is 0.690. The summed E-state index contributed by atoms with van der Waals surface area (Å²) in [5.41, 5.74) is 1.83. The molecule has 3 aliphatic rings. The second-order valence-electron chi connectivity index (χ2n) is 8.76. The number of hydrogen-bond acceptors (Lipinski definition) is 6. The molecule has 0 aromatic heterocycles. The predicted molar refractivity (Wildman–Crippen MR) is 124 cm³/mol. The minimum atomic E-state index is -3.06. The van der Waals surface area contributed by atoms with Crippen LogP contribution in [0, 0.1) is 0 Å². The molecule has 1 aliphatic carbocycles. The molecule has 1 N–H and O–H groups in total. The van der Waals surface area contributed by atoms with Crippen LogP contribution >= 0.6 is 11.6 Å². The fraction of sp³-hybridized carbons (Fsp3) is 0.682. The summed E-state index contributed by atoms with van der Waals surface area (Å²) in [5, 5.41) is 3.92. The molecule has 7 nitrogen and oxygen atoms in total. The molecule has 9 heteroatoms. The third kappa shape index (κ3) is 5.65. The van der Waals surface area contributed by atoms with Gasteiger partial charge < -0.3 is 19.9 Å². The Labute approximate surface area is 190 Å². The molecular weight excluding hydrogens is 438 g/mol. The van der Waals surface area contributed by atoms with Crippen LogP contribution in [0.4, 0.5) is 11.4 Å². The first-order valence-corrected chi connectivity index (χ1v) is 13.5. The number of sulfone groups is 1. The van der Waals surface area contributed by atoms with E-state index in [9.17, 15) is 13.2 Å². The van der Waals surface area contributed by atoms with Gasteiger partial charge >= 0.3 is 0 Å². The van der Waals surface area contributed by atoms with Crippen molar-refractivity contribution in [2.45, 2.75) is 50.6 Å². The van der Waals surface area contributed by atoms with E-state index >= 15 is 0 Å². The highest BCUT2D eigenvalue weighted by atomic mass is 35.5.